The molecule has 3 rings (SSSR count). The van der Waals surface area contributed by atoms with Gasteiger partial charge in [0, 0.05) is 30.1 Å². The van der Waals surface area contributed by atoms with Crippen LogP contribution in [-0.4, -0.2) is 20.3 Å². The number of pyridine rings is 1. The molecule has 2 aromatic heterocycles. The second-order valence-electron chi connectivity index (χ2n) is 6.54. The first-order chi connectivity index (χ1) is 13.0. The second kappa shape index (κ2) is 8.69. The number of nitrogens with zero attached hydrogens (tertiary/aromatic N) is 3. The summed E-state index contributed by atoms with van der Waals surface area (Å²) in [6, 6.07) is 3.73. The molecule has 2 N–H and O–H groups in total. The number of anilines is 1. The van der Waals surface area contributed by atoms with E-state index in [1.807, 2.05) is 6.92 Å². The van der Waals surface area contributed by atoms with E-state index in [1.165, 1.54) is 23.9 Å². The van der Waals surface area contributed by atoms with Gasteiger partial charge < -0.3 is 10.3 Å². The fraction of sp³-hybridized carbons (Fsp3) is 0.400. The lowest BCUT2D eigenvalue weighted by molar-refractivity contribution is 0.565. The van der Waals surface area contributed by atoms with Crippen molar-refractivity contribution in [2.45, 2.75) is 51.0 Å². The van der Waals surface area contributed by atoms with Crippen molar-refractivity contribution < 1.29 is 8.78 Å². The standard InChI is InChI=1S/C20H24F2N4S/c1-3-17-25-18-19(13(2)12-24-20(18)23)26(17)9-5-4-6-10-27-16-8-7-14(21)11-15(16)22/h7-8,11-12H,3-6,9-10H2,1-2H3,(H2,23,24). The maximum Gasteiger partial charge on any atom is 0.151 e. The highest BCUT2D eigenvalue weighted by Crippen LogP contribution is 2.26. The van der Waals surface area contributed by atoms with Gasteiger partial charge in [-0.2, -0.15) is 0 Å². The third kappa shape index (κ3) is 4.40. The van der Waals surface area contributed by atoms with Crippen LogP contribution < -0.4 is 5.73 Å². The van der Waals surface area contributed by atoms with Gasteiger partial charge in [-0.25, -0.2) is 18.7 Å². The Morgan fingerprint density at radius 2 is 2.00 bits per heavy atom. The highest BCUT2D eigenvalue weighted by molar-refractivity contribution is 7.99. The van der Waals surface area contributed by atoms with E-state index in [2.05, 4.69) is 21.5 Å². The summed E-state index contributed by atoms with van der Waals surface area (Å²) in [6.07, 6.45) is 5.64. The number of aromatic nitrogens is 3. The minimum atomic E-state index is -0.540. The van der Waals surface area contributed by atoms with Gasteiger partial charge in [-0.3, -0.25) is 0 Å². The molecule has 3 aromatic rings. The monoisotopic (exact) mass is 390 g/mol. The van der Waals surface area contributed by atoms with Gasteiger partial charge in [0.05, 0.1) is 5.52 Å². The Hall–Kier alpha value is -2.15. The maximum absolute atomic E-state index is 13.6. The van der Waals surface area contributed by atoms with E-state index in [-0.39, 0.29) is 0 Å². The highest BCUT2D eigenvalue weighted by Gasteiger charge is 2.14. The number of unbranched alkanes of at least 4 members (excludes halogenated alkanes) is 2. The summed E-state index contributed by atoms with van der Waals surface area (Å²) >= 11 is 1.43. The van der Waals surface area contributed by atoms with Crippen molar-refractivity contribution in [3.8, 4) is 0 Å². The van der Waals surface area contributed by atoms with Gasteiger partial charge in [-0.05, 0) is 43.2 Å². The summed E-state index contributed by atoms with van der Waals surface area (Å²) in [5, 5.41) is 0. The molecule has 2 heterocycles. The molecule has 0 fully saturated rings. The molecule has 0 aliphatic heterocycles. The SMILES string of the molecule is CCc1nc2c(N)ncc(C)c2n1CCCCCSc1ccc(F)cc1F. The molecule has 27 heavy (non-hydrogen) atoms. The summed E-state index contributed by atoms with van der Waals surface area (Å²) < 4.78 is 28.8. The fourth-order valence-electron chi connectivity index (χ4n) is 3.20. The predicted octanol–water partition coefficient (Wildman–Crippen LogP) is 5.13. The summed E-state index contributed by atoms with van der Waals surface area (Å²) in [5.41, 5.74) is 8.92. The molecule has 144 valence electrons. The second-order valence-corrected chi connectivity index (χ2v) is 7.68. The van der Waals surface area contributed by atoms with Gasteiger partial charge in [0.1, 0.15) is 23.0 Å². The van der Waals surface area contributed by atoms with Crippen LogP contribution in [0.25, 0.3) is 11.0 Å². The third-order valence-corrected chi connectivity index (χ3v) is 5.69. The van der Waals surface area contributed by atoms with Gasteiger partial charge in [0.2, 0.25) is 0 Å². The van der Waals surface area contributed by atoms with Gasteiger partial charge in [0.25, 0.3) is 0 Å². The zero-order valence-electron chi connectivity index (χ0n) is 15.6. The third-order valence-electron chi connectivity index (χ3n) is 4.55. The zero-order chi connectivity index (χ0) is 19.4. The van der Waals surface area contributed by atoms with E-state index in [1.54, 1.807) is 6.20 Å². The number of halogens is 2. The molecule has 0 radical (unpaired) electrons. The van der Waals surface area contributed by atoms with Crippen molar-refractivity contribution in [3.63, 3.8) is 0 Å². The van der Waals surface area contributed by atoms with E-state index in [0.29, 0.717) is 10.7 Å². The fourth-order valence-corrected chi connectivity index (χ4v) is 4.13. The molecule has 4 nitrogen and oxygen atoms in total. The predicted molar refractivity (Wildman–Crippen MR) is 107 cm³/mol. The normalized spacial score (nSPS) is 11.4. The molecule has 0 atom stereocenters. The molecular formula is C20H24F2N4S. The Bertz CT molecular complexity index is 939. The van der Waals surface area contributed by atoms with Gasteiger partial charge in [-0.15, -0.1) is 11.8 Å². The van der Waals surface area contributed by atoms with E-state index >= 15 is 0 Å². The van der Waals surface area contributed by atoms with E-state index in [4.69, 9.17) is 5.73 Å². The Balaban J connectivity index is 1.55. The first-order valence-corrected chi connectivity index (χ1v) is 10.2. The first-order valence-electron chi connectivity index (χ1n) is 9.19. The molecule has 1 aromatic carbocycles. The van der Waals surface area contributed by atoms with Crippen LogP contribution >= 0.6 is 11.8 Å². The van der Waals surface area contributed by atoms with Gasteiger partial charge >= 0.3 is 0 Å². The van der Waals surface area contributed by atoms with E-state index < -0.39 is 11.6 Å². The number of rotatable bonds is 8. The number of nitrogen functional groups attached to an aromatic ring is 1. The number of hydrogen-bond acceptors (Lipinski definition) is 4. The maximum atomic E-state index is 13.6. The van der Waals surface area contributed by atoms with Gasteiger partial charge in [0.15, 0.2) is 5.82 Å². The van der Waals surface area contributed by atoms with Gasteiger partial charge in [-0.1, -0.05) is 13.3 Å². The average molecular weight is 391 g/mol. The van der Waals surface area contributed by atoms with E-state index in [9.17, 15) is 8.78 Å². The molecule has 0 unspecified atom stereocenters. The molecule has 0 aliphatic rings. The van der Waals surface area contributed by atoms with Crippen LogP contribution in [0.15, 0.2) is 29.3 Å². The lowest BCUT2D eigenvalue weighted by Gasteiger charge is -2.10. The molecule has 0 saturated carbocycles. The Kier molecular flexibility index (Phi) is 6.31. The lowest BCUT2D eigenvalue weighted by atomic mass is 10.2. The quantitative estimate of drug-likeness (QED) is 0.428. The Morgan fingerprint density at radius 3 is 2.74 bits per heavy atom. The van der Waals surface area contributed by atoms with Crippen LogP contribution in [0.1, 0.15) is 37.6 Å². The molecule has 7 heteroatoms. The number of fused-ring (bicyclic) bond motifs is 1. The summed E-state index contributed by atoms with van der Waals surface area (Å²) in [4.78, 5) is 9.37. The summed E-state index contributed by atoms with van der Waals surface area (Å²) in [6.45, 7) is 4.99. The summed E-state index contributed by atoms with van der Waals surface area (Å²) in [7, 11) is 0. The minimum absolute atomic E-state index is 0.474. The Labute approximate surface area is 162 Å². The number of imidazole rings is 1. The number of thioether (sulfide) groups is 1. The van der Waals surface area contributed by atoms with Crippen LogP contribution in [0.5, 0.6) is 0 Å². The van der Waals surface area contributed by atoms with Crippen LogP contribution in [0.2, 0.25) is 0 Å². The number of nitrogens with two attached hydrogens (primary N) is 1. The number of benzene rings is 1. The zero-order valence-corrected chi connectivity index (χ0v) is 16.5. The number of hydrogen-bond donors (Lipinski definition) is 1. The molecular weight excluding hydrogens is 366 g/mol. The van der Waals surface area contributed by atoms with Crippen LogP contribution in [0.4, 0.5) is 14.6 Å². The number of aryl methyl sites for hydroxylation is 3. The van der Waals surface area contributed by atoms with Crippen molar-refractivity contribution >= 4 is 28.6 Å². The van der Waals surface area contributed by atoms with Crippen molar-refractivity contribution in [2.75, 3.05) is 11.5 Å². The highest BCUT2D eigenvalue weighted by atomic mass is 32.2. The van der Waals surface area contributed by atoms with Crippen LogP contribution in [0, 0.1) is 18.6 Å². The molecule has 0 spiro atoms. The summed E-state index contributed by atoms with van der Waals surface area (Å²) in [5.74, 6) is 1.28. The molecule has 0 amide bonds. The first kappa shape index (κ1) is 19.6. The Morgan fingerprint density at radius 1 is 1.19 bits per heavy atom. The van der Waals surface area contributed by atoms with Crippen molar-refractivity contribution in [3.05, 3.63) is 47.4 Å². The minimum Gasteiger partial charge on any atom is -0.382 e. The van der Waals surface area contributed by atoms with Crippen LogP contribution in [0.3, 0.4) is 0 Å². The molecule has 0 saturated heterocycles. The largest absolute Gasteiger partial charge is 0.382 e. The average Bonchev–Trinajstić information content (AvgIpc) is 3.02. The van der Waals surface area contributed by atoms with Crippen LogP contribution in [-0.2, 0) is 13.0 Å². The molecule has 0 aliphatic carbocycles. The van der Waals surface area contributed by atoms with Crippen molar-refractivity contribution in [2.24, 2.45) is 0 Å². The van der Waals surface area contributed by atoms with Crippen molar-refractivity contribution in [1.82, 2.24) is 14.5 Å². The van der Waals surface area contributed by atoms with Crippen molar-refractivity contribution in [1.29, 1.82) is 0 Å². The lowest BCUT2D eigenvalue weighted by Crippen LogP contribution is -2.04. The topological polar surface area (TPSA) is 56.7 Å². The molecule has 0 bridgehead atoms. The smallest absolute Gasteiger partial charge is 0.151 e. The van der Waals surface area contributed by atoms with E-state index in [0.717, 1.165) is 66.5 Å².